The summed E-state index contributed by atoms with van der Waals surface area (Å²) in [6, 6.07) is 21.4. The third-order valence-corrected chi connectivity index (χ3v) is 7.25. The maximum Gasteiger partial charge on any atom is 0.253 e. The van der Waals surface area contributed by atoms with E-state index < -0.39 is 0 Å². The molecule has 5 heteroatoms. The predicted molar refractivity (Wildman–Crippen MR) is 139 cm³/mol. The number of nitrogens with zero attached hydrogens (tertiary/aromatic N) is 2. The normalized spacial score (nSPS) is 14.5. The predicted octanol–water partition coefficient (Wildman–Crippen LogP) is 5.52. The van der Waals surface area contributed by atoms with Crippen molar-refractivity contribution in [2.75, 3.05) is 32.7 Å². The van der Waals surface area contributed by atoms with Crippen LogP contribution in [-0.4, -0.2) is 53.4 Å². The Labute approximate surface area is 206 Å². The van der Waals surface area contributed by atoms with E-state index in [1.165, 1.54) is 39.4 Å². The molecule has 0 spiro atoms. The van der Waals surface area contributed by atoms with Gasteiger partial charge >= 0.3 is 0 Å². The minimum absolute atomic E-state index is 0.0983. The van der Waals surface area contributed by atoms with E-state index in [1.54, 1.807) is 12.1 Å². The van der Waals surface area contributed by atoms with E-state index >= 15 is 0 Å². The Morgan fingerprint density at radius 1 is 0.886 bits per heavy atom. The number of rotatable bonds is 6. The van der Waals surface area contributed by atoms with Gasteiger partial charge in [-0.25, -0.2) is 4.39 Å². The molecular weight excluding hydrogens is 437 g/mol. The largest absolute Gasteiger partial charge is 0.358 e. The van der Waals surface area contributed by atoms with E-state index in [2.05, 4.69) is 54.1 Å². The summed E-state index contributed by atoms with van der Waals surface area (Å²) in [5, 5.41) is 1.28. The SMILES string of the molecule is Cc1[nH]c2ccc(Cc3ccc(C(=O)N4CCN(CCc5cccc(F)c5)CC4)cc3)cc2c1C. The maximum atomic E-state index is 13.4. The third kappa shape index (κ3) is 5.30. The lowest BCUT2D eigenvalue weighted by Crippen LogP contribution is -2.49. The van der Waals surface area contributed by atoms with Crippen molar-refractivity contribution in [3.63, 3.8) is 0 Å². The minimum atomic E-state index is -0.184. The molecule has 0 saturated carbocycles. The van der Waals surface area contributed by atoms with Crippen LogP contribution in [0, 0.1) is 19.7 Å². The van der Waals surface area contributed by atoms with Gasteiger partial charge in [-0.2, -0.15) is 0 Å². The molecule has 1 fully saturated rings. The first-order valence-electron chi connectivity index (χ1n) is 12.4. The Hall–Kier alpha value is -3.44. The number of hydrogen-bond donors (Lipinski definition) is 1. The van der Waals surface area contributed by atoms with E-state index in [1.807, 2.05) is 23.1 Å². The van der Waals surface area contributed by atoms with Crippen molar-refractivity contribution in [2.45, 2.75) is 26.7 Å². The number of aromatic amines is 1. The fourth-order valence-corrected chi connectivity index (χ4v) is 4.96. The van der Waals surface area contributed by atoms with Crippen LogP contribution in [0.4, 0.5) is 4.39 Å². The number of carbonyl (C=O) groups excluding carboxylic acids is 1. The van der Waals surface area contributed by atoms with Crippen LogP contribution >= 0.6 is 0 Å². The van der Waals surface area contributed by atoms with E-state index in [-0.39, 0.29) is 11.7 Å². The van der Waals surface area contributed by atoms with Crippen LogP contribution in [0.15, 0.2) is 66.7 Å². The summed E-state index contributed by atoms with van der Waals surface area (Å²) >= 11 is 0. The molecule has 2 heterocycles. The zero-order valence-corrected chi connectivity index (χ0v) is 20.5. The van der Waals surface area contributed by atoms with Crippen molar-refractivity contribution < 1.29 is 9.18 Å². The standard InChI is InChI=1S/C30H32FN3O/c1-21-22(2)32-29-11-8-25(20-28(21)29)18-24-6-9-26(10-7-24)30(35)34-16-14-33(15-17-34)13-12-23-4-3-5-27(31)19-23/h3-11,19-20,32H,12-18H2,1-2H3. The molecule has 0 aliphatic carbocycles. The average molecular weight is 470 g/mol. The molecule has 1 aliphatic rings. The number of H-pyrrole nitrogens is 1. The van der Waals surface area contributed by atoms with Crippen molar-refractivity contribution in [1.29, 1.82) is 0 Å². The zero-order chi connectivity index (χ0) is 24.4. The van der Waals surface area contributed by atoms with Crippen LogP contribution in [0.25, 0.3) is 10.9 Å². The summed E-state index contributed by atoms with van der Waals surface area (Å²) in [6.45, 7) is 8.28. The fourth-order valence-electron chi connectivity index (χ4n) is 4.96. The van der Waals surface area contributed by atoms with Crippen molar-refractivity contribution in [3.05, 3.63) is 106 Å². The number of fused-ring (bicyclic) bond motifs is 1. The van der Waals surface area contributed by atoms with Gasteiger partial charge in [0.1, 0.15) is 5.82 Å². The number of carbonyl (C=O) groups is 1. The van der Waals surface area contributed by atoms with Gasteiger partial charge in [0, 0.05) is 54.9 Å². The van der Waals surface area contributed by atoms with Crippen molar-refractivity contribution in [2.24, 2.45) is 0 Å². The number of aromatic nitrogens is 1. The van der Waals surface area contributed by atoms with Crippen LogP contribution < -0.4 is 0 Å². The van der Waals surface area contributed by atoms with Crippen LogP contribution in [0.3, 0.4) is 0 Å². The molecule has 4 nitrogen and oxygen atoms in total. The van der Waals surface area contributed by atoms with Gasteiger partial charge in [-0.1, -0.05) is 30.3 Å². The Kier molecular flexibility index (Phi) is 6.69. The molecule has 0 atom stereocenters. The first kappa shape index (κ1) is 23.3. The van der Waals surface area contributed by atoms with Crippen LogP contribution in [0.2, 0.25) is 0 Å². The first-order chi connectivity index (χ1) is 17.0. The monoisotopic (exact) mass is 469 g/mol. The highest BCUT2D eigenvalue weighted by atomic mass is 19.1. The molecule has 35 heavy (non-hydrogen) atoms. The van der Waals surface area contributed by atoms with E-state index in [0.717, 1.165) is 56.7 Å². The van der Waals surface area contributed by atoms with Gasteiger partial charge in [0.25, 0.3) is 5.91 Å². The van der Waals surface area contributed by atoms with Gasteiger partial charge in [0.05, 0.1) is 0 Å². The van der Waals surface area contributed by atoms with Gasteiger partial charge in [0.15, 0.2) is 0 Å². The molecule has 0 bridgehead atoms. The molecule has 5 rings (SSSR count). The van der Waals surface area contributed by atoms with E-state index in [0.29, 0.717) is 0 Å². The third-order valence-electron chi connectivity index (χ3n) is 7.25. The number of piperazine rings is 1. The van der Waals surface area contributed by atoms with Crippen LogP contribution in [-0.2, 0) is 12.8 Å². The number of aryl methyl sites for hydroxylation is 2. The van der Waals surface area contributed by atoms with Crippen molar-refractivity contribution in [3.8, 4) is 0 Å². The highest BCUT2D eigenvalue weighted by Crippen LogP contribution is 2.24. The molecule has 1 aliphatic heterocycles. The summed E-state index contributed by atoms with van der Waals surface area (Å²) in [4.78, 5) is 20.8. The minimum Gasteiger partial charge on any atom is -0.358 e. The van der Waals surface area contributed by atoms with Gasteiger partial charge in [-0.05, 0) is 85.3 Å². The Balaban J connectivity index is 1.15. The molecule has 0 radical (unpaired) electrons. The maximum absolute atomic E-state index is 13.4. The number of amides is 1. The lowest BCUT2D eigenvalue weighted by atomic mass is 10.0. The molecule has 4 aromatic rings. The Morgan fingerprint density at radius 2 is 1.63 bits per heavy atom. The van der Waals surface area contributed by atoms with Gasteiger partial charge in [-0.15, -0.1) is 0 Å². The lowest BCUT2D eigenvalue weighted by molar-refractivity contribution is 0.0638. The molecule has 1 amide bonds. The Bertz CT molecular complexity index is 1330. The second-order valence-corrected chi connectivity index (χ2v) is 9.64. The summed E-state index contributed by atoms with van der Waals surface area (Å²) in [5.41, 5.74) is 7.93. The molecule has 1 aromatic heterocycles. The summed E-state index contributed by atoms with van der Waals surface area (Å²) in [5.74, 6) is -0.0861. The molecule has 1 N–H and O–H groups in total. The molecule has 180 valence electrons. The second-order valence-electron chi connectivity index (χ2n) is 9.64. The van der Waals surface area contributed by atoms with Gasteiger partial charge in [-0.3, -0.25) is 9.69 Å². The second kappa shape index (κ2) is 10.0. The lowest BCUT2D eigenvalue weighted by Gasteiger charge is -2.34. The summed E-state index contributed by atoms with van der Waals surface area (Å²) in [7, 11) is 0. The smallest absolute Gasteiger partial charge is 0.253 e. The topological polar surface area (TPSA) is 39.3 Å². The zero-order valence-electron chi connectivity index (χ0n) is 20.5. The highest BCUT2D eigenvalue weighted by molar-refractivity contribution is 5.94. The van der Waals surface area contributed by atoms with E-state index in [9.17, 15) is 9.18 Å². The van der Waals surface area contributed by atoms with Crippen molar-refractivity contribution >= 4 is 16.8 Å². The number of halogens is 1. The van der Waals surface area contributed by atoms with Gasteiger partial charge in [0.2, 0.25) is 0 Å². The van der Waals surface area contributed by atoms with E-state index in [4.69, 9.17) is 0 Å². The molecule has 3 aromatic carbocycles. The molecule has 0 unspecified atom stereocenters. The molecule has 1 saturated heterocycles. The number of hydrogen-bond acceptors (Lipinski definition) is 2. The Morgan fingerprint density at radius 3 is 2.37 bits per heavy atom. The number of nitrogens with one attached hydrogen (secondary N) is 1. The molecular formula is C30H32FN3O. The summed E-state index contributed by atoms with van der Waals surface area (Å²) in [6.07, 6.45) is 1.67. The van der Waals surface area contributed by atoms with Crippen molar-refractivity contribution in [1.82, 2.24) is 14.8 Å². The quantitative estimate of drug-likeness (QED) is 0.404. The fraction of sp³-hybridized carbons (Fsp3) is 0.300. The van der Waals surface area contributed by atoms with Gasteiger partial charge < -0.3 is 9.88 Å². The first-order valence-corrected chi connectivity index (χ1v) is 12.4. The average Bonchev–Trinajstić information content (AvgIpc) is 3.16. The summed E-state index contributed by atoms with van der Waals surface area (Å²) < 4.78 is 13.4. The number of benzene rings is 3. The highest BCUT2D eigenvalue weighted by Gasteiger charge is 2.22. The van der Waals surface area contributed by atoms with Crippen LogP contribution in [0.1, 0.15) is 38.3 Å². The van der Waals surface area contributed by atoms with Crippen LogP contribution in [0.5, 0.6) is 0 Å².